The summed E-state index contributed by atoms with van der Waals surface area (Å²) in [6, 6.07) is 9.35. The number of carbonyl (C=O) groups excluding carboxylic acids is 1. The van der Waals surface area contributed by atoms with Crippen molar-refractivity contribution in [3.8, 4) is 5.69 Å². The van der Waals surface area contributed by atoms with Gasteiger partial charge in [0.15, 0.2) is 0 Å². The molecule has 8 heteroatoms. The molecule has 0 N–H and O–H groups in total. The molecule has 1 atom stereocenters. The van der Waals surface area contributed by atoms with Crippen LogP contribution in [0.3, 0.4) is 0 Å². The number of rotatable bonds is 4. The molecule has 5 rings (SSSR count). The van der Waals surface area contributed by atoms with E-state index < -0.39 is 0 Å². The van der Waals surface area contributed by atoms with Crippen molar-refractivity contribution in [1.82, 2.24) is 19.0 Å². The number of amides is 1. The van der Waals surface area contributed by atoms with Gasteiger partial charge in [0.2, 0.25) is 0 Å². The first kappa shape index (κ1) is 20.8. The van der Waals surface area contributed by atoms with Gasteiger partial charge in [0, 0.05) is 49.1 Å². The van der Waals surface area contributed by atoms with Crippen molar-refractivity contribution >= 4 is 23.2 Å². The van der Waals surface area contributed by atoms with Crippen LogP contribution in [-0.2, 0) is 13.1 Å². The molecule has 1 amide bonds. The van der Waals surface area contributed by atoms with Crippen LogP contribution in [0.25, 0.3) is 5.69 Å². The first-order valence-corrected chi connectivity index (χ1v) is 11.4. The summed E-state index contributed by atoms with van der Waals surface area (Å²) in [5, 5.41) is 0.654. The van der Waals surface area contributed by atoms with Gasteiger partial charge in [-0.25, -0.2) is 4.98 Å². The number of imidazole rings is 1. The second kappa shape index (κ2) is 8.13. The average molecular weight is 452 g/mol. The van der Waals surface area contributed by atoms with E-state index in [0.717, 1.165) is 30.0 Å². The molecule has 7 nitrogen and oxygen atoms in total. The minimum atomic E-state index is -0.186. The Hall–Kier alpha value is -3.06. The summed E-state index contributed by atoms with van der Waals surface area (Å²) in [7, 11) is 0. The van der Waals surface area contributed by atoms with Crippen molar-refractivity contribution in [2.24, 2.45) is 0 Å². The Morgan fingerprint density at radius 3 is 2.62 bits per heavy atom. The zero-order valence-electron chi connectivity index (χ0n) is 18.3. The van der Waals surface area contributed by atoms with Crippen LogP contribution in [0.2, 0.25) is 5.02 Å². The zero-order valence-corrected chi connectivity index (χ0v) is 19.0. The van der Waals surface area contributed by atoms with E-state index in [-0.39, 0.29) is 17.5 Å². The summed E-state index contributed by atoms with van der Waals surface area (Å²) < 4.78 is 3.28. The number of pyridine rings is 1. The number of carbonyl (C=O) groups is 1. The van der Waals surface area contributed by atoms with Crippen LogP contribution >= 0.6 is 11.6 Å². The SMILES string of the molecule is Cc1cn(-c2ccc3n(c2=O)C[C@@H](C)N(Cc2cc(N4CCCC4)ccc2Cl)C3=O)cn1. The van der Waals surface area contributed by atoms with Crippen molar-refractivity contribution in [2.45, 2.75) is 45.8 Å². The third kappa shape index (κ3) is 3.60. The number of anilines is 1. The van der Waals surface area contributed by atoms with Crippen LogP contribution in [0.4, 0.5) is 5.69 Å². The zero-order chi connectivity index (χ0) is 22.4. The highest BCUT2D eigenvalue weighted by molar-refractivity contribution is 6.31. The minimum Gasteiger partial charge on any atom is -0.372 e. The van der Waals surface area contributed by atoms with E-state index >= 15 is 0 Å². The van der Waals surface area contributed by atoms with E-state index in [1.54, 1.807) is 33.8 Å². The molecule has 0 radical (unpaired) electrons. The number of hydrogen-bond donors (Lipinski definition) is 0. The summed E-state index contributed by atoms with van der Waals surface area (Å²) in [5.41, 5.74) is 3.61. The van der Waals surface area contributed by atoms with Crippen molar-refractivity contribution in [1.29, 1.82) is 0 Å². The van der Waals surface area contributed by atoms with Gasteiger partial charge in [0.05, 0.1) is 12.0 Å². The molecule has 2 aliphatic heterocycles. The highest BCUT2D eigenvalue weighted by Crippen LogP contribution is 2.29. The molecule has 2 aromatic heterocycles. The Morgan fingerprint density at radius 1 is 1.12 bits per heavy atom. The van der Waals surface area contributed by atoms with Crippen LogP contribution in [0.15, 0.2) is 47.7 Å². The Labute approximate surface area is 191 Å². The average Bonchev–Trinajstić information content (AvgIpc) is 3.45. The van der Waals surface area contributed by atoms with Crippen molar-refractivity contribution in [3.63, 3.8) is 0 Å². The standard InChI is InChI=1S/C24H26ClN5O2/c1-16-12-28(15-26-16)21-7-8-22-24(32)29(17(2)13-30(22)23(21)31)14-18-11-19(5-6-20(18)25)27-9-3-4-10-27/h5-8,11-12,15,17H,3-4,9-10,13-14H2,1-2H3/t17-/m1/s1. The van der Waals surface area contributed by atoms with E-state index in [2.05, 4.69) is 16.0 Å². The topological polar surface area (TPSA) is 63.4 Å². The number of halogens is 1. The summed E-state index contributed by atoms with van der Waals surface area (Å²) in [6.07, 6.45) is 5.83. The second-order valence-electron chi connectivity index (χ2n) is 8.69. The third-order valence-corrected chi connectivity index (χ3v) is 6.81. The molecule has 1 saturated heterocycles. The van der Waals surface area contributed by atoms with E-state index in [1.165, 1.54) is 12.8 Å². The van der Waals surface area contributed by atoms with Crippen LogP contribution in [0.1, 0.15) is 41.5 Å². The summed E-state index contributed by atoms with van der Waals surface area (Å²) in [4.78, 5) is 34.9. The first-order valence-electron chi connectivity index (χ1n) is 11.0. The molecule has 4 heterocycles. The lowest BCUT2D eigenvalue weighted by molar-refractivity contribution is 0.0590. The monoisotopic (exact) mass is 451 g/mol. The van der Waals surface area contributed by atoms with Crippen LogP contribution in [-0.4, -0.2) is 44.1 Å². The van der Waals surface area contributed by atoms with E-state index in [1.807, 2.05) is 30.9 Å². The normalized spacial score (nSPS) is 18.3. The predicted molar refractivity (Wildman–Crippen MR) is 125 cm³/mol. The van der Waals surface area contributed by atoms with E-state index in [9.17, 15) is 9.59 Å². The molecule has 1 aromatic carbocycles. The predicted octanol–water partition coefficient (Wildman–Crippen LogP) is 3.64. The molecule has 0 bridgehead atoms. The van der Waals surface area contributed by atoms with E-state index in [0.29, 0.717) is 29.5 Å². The minimum absolute atomic E-state index is 0.140. The molecule has 32 heavy (non-hydrogen) atoms. The number of benzene rings is 1. The van der Waals surface area contributed by atoms with Gasteiger partial charge in [-0.15, -0.1) is 0 Å². The lowest BCUT2D eigenvalue weighted by Crippen LogP contribution is -2.49. The van der Waals surface area contributed by atoms with Gasteiger partial charge in [-0.05, 0) is 62.6 Å². The van der Waals surface area contributed by atoms with Gasteiger partial charge >= 0.3 is 0 Å². The maximum atomic E-state index is 13.4. The lowest BCUT2D eigenvalue weighted by atomic mass is 10.1. The quantitative estimate of drug-likeness (QED) is 0.607. The fraction of sp³-hybridized carbons (Fsp3) is 0.375. The van der Waals surface area contributed by atoms with Gasteiger partial charge in [-0.3, -0.25) is 9.59 Å². The summed E-state index contributed by atoms with van der Waals surface area (Å²) in [5.74, 6) is -0.156. The largest absolute Gasteiger partial charge is 0.372 e. The maximum absolute atomic E-state index is 13.4. The van der Waals surface area contributed by atoms with Crippen LogP contribution < -0.4 is 10.5 Å². The Kier molecular flexibility index (Phi) is 5.29. The summed E-state index contributed by atoms with van der Waals surface area (Å²) in [6.45, 7) is 6.80. The molecule has 2 aliphatic rings. The van der Waals surface area contributed by atoms with Crippen LogP contribution in [0.5, 0.6) is 0 Å². The van der Waals surface area contributed by atoms with Crippen molar-refractivity contribution in [2.75, 3.05) is 18.0 Å². The smallest absolute Gasteiger partial charge is 0.275 e. The highest BCUT2D eigenvalue weighted by atomic mass is 35.5. The van der Waals surface area contributed by atoms with Gasteiger partial charge in [0.25, 0.3) is 11.5 Å². The molecular formula is C24H26ClN5O2. The number of nitrogens with zero attached hydrogens (tertiary/aromatic N) is 5. The lowest BCUT2D eigenvalue weighted by Gasteiger charge is -2.36. The molecule has 3 aromatic rings. The molecule has 0 unspecified atom stereocenters. The van der Waals surface area contributed by atoms with Gasteiger partial charge in [-0.2, -0.15) is 0 Å². The molecule has 0 aliphatic carbocycles. The highest BCUT2D eigenvalue weighted by Gasteiger charge is 2.31. The molecule has 1 fully saturated rings. The van der Waals surface area contributed by atoms with Gasteiger partial charge in [0.1, 0.15) is 11.4 Å². The second-order valence-corrected chi connectivity index (χ2v) is 9.10. The fourth-order valence-electron chi connectivity index (χ4n) is 4.66. The van der Waals surface area contributed by atoms with Gasteiger partial charge in [-0.1, -0.05) is 11.6 Å². The number of aromatic nitrogens is 3. The number of aryl methyl sites for hydroxylation is 1. The molecular weight excluding hydrogens is 426 g/mol. The summed E-state index contributed by atoms with van der Waals surface area (Å²) >= 11 is 6.51. The molecule has 0 spiro atoms. The molecule has 166 valence electrons. The number of hydrogen-bond acceptors (Lipinski definition) is 4. The number of fused-ring (bicyclic) bond motifs is 1. The molecule has 0 saturated carbocycles. The van der Waals surface area contributed by atoms with Crippen LogP contribution in [0, 0.1) is 6.92 Å². The Bertz CT molecular complexity index is 1240. The first-order chi connectivity index (χ1) is 15.4. The Balaban J connectivity index is 1.45. The van der Waals surface area contributed by atoms with Gasteiger partial charge < -0.3 is 18.9 Å². The fourth-order valence-corrected chi connectivity index (χ4v) is 4.84. The van der Waals surface area contributed by atoms with Crippen molar-refractivity contribution in [3.05, 3.63) is 75.2 Å². The van der Waals surface area contributed by atoms with Crippen molar-refractivity contribution < 1.29 is 4.79 Å². The van der Waals surface area contributed by atoms with E-state index in [4.69, 9.17) is 11.6 Å². The maximum Gasteiger partial charge on any atom is 0.275 e. The third-order valence-electron chi connectivity index (χ3n) is 6.44. The Morgan fingerprint density at radius 2 is 1.91 bits per heavy atom.